The van der Waals surface area contributed by atoms with Crippen LogP contribution in [0.3, 0.4) is 0 Å². The summed E-state index contributed by atoms with van der Waals surface area (Å²) in [7, 11) is 1.97. The Balaban J connectivity index is 2.13. The molecule has 1 aromatic rings. The van der Waals surface area contributed by atoms with E-state index in [1.54, 1.807) is 12.1 Å². The Morgan fingerprint density at radius 2 is 2.06 bits per heavy atom. The van der Waals surface area contributed by atoms with E-state index in [4.69, 9.17) is 5.73 Å². The van der Waals surface area contributed by atoms with Gasteiger partial charge in [0.1, 0.15) is 0 Å². The monoisotopic (exact) mass is 249 g/mol. The Labute approximate surface area is 107 Å². The molecule has 0 aromatic heterocycles. The molecule has 1 aromatic carbocycles. The number of rotatable bonds is 4. The Bertz CT molecular complexity index is 442. The van der Waals surface area contributed by atoms with E-state index in [1.165, 1.54) is 31.7 Å². The number of nitro groups is 1. The van der Waals surface area contributed by atoms with Crippen LogP contribution in [0.5, 0.6) is 0 Å². The SMILES string of the molecule is CN(CC1CCCC1)c1cc(N)cc([N+](=O)[O-])c1. The van der Waals surface area contributed by atoms with Gasteiger partial charge in [-0.25, -0.2) is 0 Å². The van der Waals surface area contributed by atoms with E-state index in [9.17, 15) is 10.1 Å². The largest absolute Gasteiger partial charge is 0.398 e. The number of nitro benzene ring substituents is 1. The second kappa shape index (κ2) is 5.25. The van der Waals surface area contributed by atoms with Crippen molar-refractivity contribution in [3.05, 3.63) is 28.3 Å². The van der Waals surface area contributed by atoms with Gasteiger partial charge in [-0.05, 0) is 24.8 Å². The molecule has 5 nitrogen and oxygen atoms in total. The molecule has 0 heterocycles. The third-order valence-electron chi connectivity index (χ3n) is 3.58. The molecule has 0 radical (unpaired) electrons. The van der Waals surface area contributed by atoms with Crippen molar-refractivity contribution < 1.29 is 4.92 Å². The molecule has 0 saturated heterocycles. The van der Waals surface area contributed by atoms with E-state index in [-0.39, 0.29) is 5.69 Å². The van der Waals surface area contributed by atoms with E-state index in [0.29, 0.717) is 11.6 Å². The van der Waals surface area contributed by atoms with Crippen LogP contribution in [0.4, 0.5) is 17.1 Å². The second-order valence-corrected chi connectivity index (χ2v) is 5.07. The van der Waals surface area contributed by atoms with Crippen molar-refractivity contribution in [3.8, 4) is 0 Å². The summed E-state index contributed by atoms with van der Waals surface area (Å²) in [5, 5.41) is 10.8. The average Bonchev–Trinajstić information content (AvgIpc) is 2.80. The van der Waals surface area contributed by atoms with E-state index in [0.717, 1.165) is 12.2 Å². The van der Waals surface area contributed by atoms with Gasteiger partial charge in [0, 0.05) is 37.1 Å². The van der Waals surface area contributed by atoms with Crippen LogP contribution in [0.25, 0.3) is 0 Å². The standard InChI is InChI=1S/C13H19N3O2/c1-15(9-10-4-2-3-5-10)12-6-11(14)7-13(8-12)16(17)18/h6-8,10H,2-5,9,14H2,1H3. The number of hydrogen-bond acceptors (Lipinski definition) is 4. The van der Waals surface area contributed by atoms with Crippen molar-refractivity contribution in [1.29, 1.82) is 0 Å². The molecule has 0 atom stereocenters. The lowest BCUT2D eigenvalue weighted by Crippen LogP contribution is -2.24. The highest BCUT2D eigenvalue weighted by molar-refractivity contribution is 5.62. The molecule has 1 saturated carbocycles. The fourth-order valence-electron chi connectivity index (χ4n) is 2.63. The molecule has 2 rings (SSSR count). The van der Waals surface area contributed by atoms with E-state index in [2.05, 4.69) is 4.90 Å². The maximum absolute atomic E-state index is 10.8. The number of non-ortho nitro benzene ring substituents is 1. The van der Waals surface area contributed by atoms with Crippen LogP contribution in [0, 0.1) is 16.0 Å². The van der Waals surface area contributed by atoms with Crippen LogP contribution in [0.2, 0.25) is 0 Å². The van der Waals surface area contributed by atoms with Crippen LogP contribution in [-0.2, 0) is 0 Å². The first-order chi connectivity index (χ1) is 8.56. The average molecular weight is 249 g/mol. The fourth-order valence-corrected chi connectivity index (χ4v) is 2.63. The molecule has 0 amide bonds. The predicted molar refractivity (Wildman–Crippen MR) is 72.7 cm³/mol. The van der Waals surface area contributed by atoms with Gasteiger partial charge < -0.3 is 10.6 Å². The molecule has 0 bridgehead atoms. The maximum Gasteiger partial charge on any atom is 0.273 e. The summed E-state index contributed by atoms with van der Waals surface area (Å²) in [5.74, 6) is 0.704. The maximum atomic E-state index is 10.8. The van der Waals surface area contributed by atoms with Crippen LogP contribution in [0.15, 0.2) is 18.2 Å². The minimum Gasteiger partial charge on any atom is -0.398 e. The first-order valence-corrected chi connectivity index (χ1v) is 6.32. The van der Waals surface area contributed by atoms with Gasteiger partial charge in [0.15, 0.2) is 0 Å². The Morgan fingerprint density at radius 3 is 2.67 bits per heavy atom. The van der Waals surface area contributed by atoms with Crippen molar-refractivity contribution in [2.75, 3.05) is 24.2 Å². The van der Waals surface area contributed by atoms with E-state index in [1.807, 2.05) is 7.05 Å². The van der Waals surface area contributed by atoms with Crippen molar-refractivity contribution in [2.45, 2.75) is 25.7 Å². The van der Waals surface area contributed by atoms with Gasteiger partial charge in [0.25, 0.3) is 5.69 Å². The summed E-state index contributed by atoms with van der Waals surface area (Å²) < 4.78 is 0. The number of nitrogens with zero attached hydrogens (tertiary/aromatic N) is 2. The first-order valence-electron chi connectivity index (χ1n) is 6.32. The topological polar surface area (TPSA) is 72.4 Å². The molecule has 0 spiro atoms. The first kappa shape index (κ1) is 12.7. The smallest absolute Gasteiger partial charge is 0.273 e. The lowest BCUT2D eigenvalue weighted by Gasteiger charge is -2.23. The molecule has 98 valence electrons. The van der Waals surface area contributed by atoms with E-state index >= 15 is 0 Å². The zero-order valence-corrected chi connectivity index (χ0v) is 10.6. The molecule has 2 N–H and O–H groups in total. The summed E-state index contributed by atoms with van der Waals surface area (Å²) in [6.07, 6.45) is 5.12. The lowest BCUT2D eigenvalue weighted by atomic mass is 10.1. The summed E-state index contributed by atoms with van der Waals surface area (Å²) in [6, 6.07) is 4.78. The molecule has 5 heteroatoms. The van der Waals surface area contributed by atoms with Crippen LogP contribution < -0.4 is 10.6 Å². The van der Waals surface area contributed by atoms with Gasteiger partial charge in [0.2, 0.25) is 0 Å². The minimum absolute atomic E-state index is 0.0586. The molecule has 0 unspecified atom stereocenters. The van der Waals surface area contributed by atoms with Crippen molar-refractivity contribution >= 4 is 17.1 Å². The zero-order valence-electron chi connectivity index (χ0n) is 10.6. The van der Waals surface area contributed by atoms with Gasteiger partial charge in [-0.2, -0.15) is 0 Å². The summed E-state index contributed by atoms with van der Waals surface area (Å²) in [5.41, 5.74) is 7.04. The Kier molecular flexibility index (Phi) is 3.69. The molecule has 1 fully saturated rings. The predicted octanol–water partition coefficient (Wildman–Crippen LogP) is 2.80. The van der Waals surface area contributed by atoms with Gasteiger partial charge in [-0.1, -0.05) is 12.8 Å². The van der Waals surface area contributed by atoms with Crippen molar-refractivity contribution in [2.24, 2.45) is 5.92 Å². The summed E-state index contributed by atoms with van der Waals surface area (Å²) in [4.78, 5) is 12.5. The lowest BCUT2D eigenvalue weighted by molar-refractivity contribution is -0.384. The van der Waals surface area contributed by atoms with Gasteiger partial charge in [-0.3, -0.25) is 10.1 Å². The van der Waals surface area contributed by atoms with Crippen LogP contribution in [-0.4, -0.2) is 18.5 Å². The molecular weight excluding hydrogens is 230 g/mol. The fraction of sp³-hybridized carbons (Fsp3) is 0.538. The number of nitrogens with two attached hydrogens (primary N) is 1. The molecule has 1 aliphatic rings. The van der Waals surface area contributed by atoms with Crippen molar-refractivity contribution in [3.63, 3.8) is 0 Å². The third-order valence-corrected chi connectivity index (χ3v) is 3.58. The Morgan fingerprint density at radius 1 is 1.39 bits per heavy atom. The quantitative estimate of drug-likeness (QED) is 0.506. The number of anilines is 2. The van der Waals surface area contributed by atoms with E-state index < -0.39 is 4.92 Å². The minimum atomic E-state index is -0.400. The number of benzene rings is 1. The molecule has 1 aliphatic carbocycles. The number of nitrogen functional groups attached to an aromatic ring is 1. The Hall–Kier alpha value is -1.78. The highest BCUT2D eigenvalue weighted by atomic mass is 16.6. The van der Waals surface area contributed by atoms with Crippen LogP contribution >= 0.6 is 0 Å². The highest BCUT2D eigenvalue weighted by Gasteiger charge is 2.18. The van der Waals surface area contributed by atoms with Gasteiger partial charge in [-0.15, -0.1) is 0 Å². The van der Waals surface area contributed by atoms with Gasteiger partial charge >= 0.3 is 0 Å². The third kappa shape index (κ3) is 2.91. The summed E-state index contributed by atoms with van der Waals surface area (Å²) >= 11 is 0. The summed E-state index contributed by atoms with van der Waals surface area (Å²) in [6.45, 7) is 0.945. The zero-order chi connectivity index (χ0) is 13.1. The highest BCUT2D eigenvalue weighted by Crippen LogP contribution is 2.29. The van der Waals surface area contributed by atoms with Crippen LogP contribution in [0.1, 0.15) is 25.7 Å². The second-order valence-electron chi connectivity index (χ2n) is 5.07. The molecule has 18 heavy (non-hydrogen) atoms. The molecule has 0 aliphatic heterocycles. The number of hydrogen-bond donors (Lipinski definition) is 1. The van der Waals surface area contributed by atoms with Gasteiger partial charge in [0.05, 0.1) is 4.92 Å². The van der Waals surface area contributed by atoms with Crippen molar-refractivity contribution in [1.82, 2.24) is 0 Å². The normalized spacial score (nSPS) is 15.8. The molecular formula is C13H19N3O2.